The first-order valence-electron chi connectivity index (χ1n) is 11.1. The Hall–Kier alpha value is -2.97. The van der Waals surface area contributed by atoms with Crippen molar-refractivity contribution in [2.45, 2.75) is 24.9 Å². The fourth-order valence-electron chi connectivity index (χ4n) is 4.86. The van der Waals surface area contributed by atoms with E-state index >= 15 is 0 Å². The molecule has 2 aliphatic rings. The number of halogens is 1. The van der Waals surface area contributed by atoms with Gasteiger partial charge < -0.3 is 15.7 Å². The molecule has 170 valence electrons. The maximum absolute atomic E-state index is 13.3. The Balaban J connectivity index is 1.30. The zero-order valence-electron chi connectivity index (χ0n) is 18.1. The highest BCUT2D eigenvalue weighted by molar-refractivity contribution is 5.95. The highest BCUT2D eigenvalue weighted by atomic mass is 19.1. The van der Waals surface area contributed by atoms with Crippen LogP contribution in [0.4, 0.5) is 10.1 Å². The van der Waals surface area contributed by atoms with Crippen LogP contribution in [0.15, 0.2) is 48.5 Å². The van der Waals surface area contributed by atoms with Crippen LogP contribution in [0.2, 0.25) is 0 Å². The number of carboxylic acids is 1. The number of hydrogen-bond donors (Lipinski definition) is 3. The summed E-state index contributed by atoms with van der Waals surface area (Å²) in [5.74, 6) is -1.16. The molecule has 4 rings (SSSR count). The molecular formula is C24H30FN5O2. The summed E-state index contributed by atoms with van der Waals surface area (Å²) in [6.07, 6.45) is 1.86. The number of amidine groups is 1. The first kappa shape index (κ1) is 22.2. The fourth-order valence-corrected chi connectivity index (χ4v) is 4.86. The van der Waals surface area contributed by atoms with E-state index in [1.165, 1.54) is 12.1 Å². The molecule has 32 heavy (non-hydrogen) atoms. The van der Waals surface area contributed by atoms with Gasteiger partial charge in [0.25, 0.3) is 0 Å². The van der Waals surface area contributed by atoms with E-state index in [0.29, 0.717) is 24.7 Å². The topological polar surface area (TPSA) is 96.9 Å². The van der Waals surface area contributed by atoms with Crippen molar-refractivity contribution in [2.75, 3.05) is 44.2 Å². The minimum atomic E-state index is -0.889. The van der Waals surface area contributed by atoms with Crippen LogP contribution < -0.4 is 10.6 Å². The minimum Gasteiger partial charge on any atom is -0.480 e. The number of benzene rings is 2. The van der Waals surface area contributed by atoms with Gasteiger partial charge in [-0.1, -0.05) is 12.1 Å². The van der Waals surface area contributed by atoms with Crippen molar-refractivity contribution in [3.63, 3.8) is 0 Å². The third kappa shape index (κ3) is 4.92. The maximum atomic E-state index is 13.3. The highest BCUT2D eigenvalue weighted by Gasteiger charge is 2.33. The molecule has 2 aromatic carbocycles. The van der Waals surface area contributed by atoms with Gasteiger partial charge in [0.05, 0.1) is 0 Å². The lowest BCUT2D eigenvalue weighted by atomic mass is 9.97. The largest absolute Gasteiger partial charge is 0.480 e. The van der Waals surface area contributed by atoms with Crippen LogP contribution in [0.25, 0.3) is 0 Å². The second-order valence-corrected chi connectivity index (χ2v) is 8.54. The number of anilines is 1. The van der Waals surface area contributed by atoms with Crippen LogP contribution in [-0.2, 0) is 4.79 Å². The molecule has 8 heteroatoms. The lowest BCUT2D eigenvalue weighted by molar-refractivity contribution is -0.144. The molecule has 2 heterocycles. The lowest BCUT2D eigenvalue weighted by Crippen LogP contribution is -2.54. The second-order valence-electron chi connectivity index (χ2n) is 8.54. The molecule has 0 radical (unpaired) electrons. The van der Waals surface area contributed by atoms with E-state index in [2.05, 4.69) is 9.80 Å². The number of aliphatic carboxylic acids is 1. The zero-order valence-corrected chi connectivity index (χ0v) is 18.1. The van der Waals surface area contributed by atoms with Crippen LogP contribution in [0.1, 0.15) is 30.0 Å². The van der Waals surface area contributed by atoms with Gasteiger partial charge in [0.1, 0.15) is 17.7 Å². The Bertz CT molecular complexity index is 934. The molecule has 2 aromatic rings. The van der Waals surface area contributed by atoms with E-state index in [1.54, 1.807) is 12.1 Å². The Labute approximate surface area is 187 Å². The summed E-state index contributed by atoms with van der Waals surface area (Å²) < 4.78 is 13.3. The summed E-state index contributed by atoms with van der Waals surface area (Å²) in [5, 5.41) is 17.3. The van der Waals surface area contributed by atoms with Crippen LogP contribution in [0, 0.1) is 11.2 Å². The predicted octanol–water partition coefficient (Wildman–Crippen LogP) is 2.52. The quantitative estimate of drug-likeness (QED) is 0.473. The van der Waals surface area contributed by atoms with Crippen molar-refractivity contribution < 1.29 is 14.3 Å². The van der Waals surface area contributed by atoms with Crippen molar-refractivity contribution in [1.82, 2.24) is 9.80 Å². The Kier molecular flexibility index (Phi) is 6.72. The molecule has 4 N–H and O–H groups in total. The summed E-state index contributed by atoms with van der Waals surface area (Å²) >= 11 is 0. The van der Waals surface area contributed by atoms with Crippen molar-refractivity contribution >= 4 is 17.5 Å². The fraction of sp³-hybridized carbons (Fsp3) is 0.417. The molecule has 2 fully saturated rings. The van der Waals surface area contributed by atoms with E-state index in [-0.39, 0.29) is 11.7 Å². The molecule has 7 nitrogen and oxygen atoms in total. The van der Waals surface area contributed by atoms with E-state index in [1.807, 2.05) is 29.2 Å². The Morgan fingerprint density at radius 3 is 2.09 bits per heavy atom. The first-order valence-corrected chi connectivity index (χ1v) is 11.1. The van der Waals surface area contributed by atoms with Gasteiger partial charge >= 0.3 is 5.97 Å². The van der Waals surface area contributed by atoms with Gasteiger partial charge in [0.15, 0.2) is 0 Å². The molecule has 2 saturated heterocycles. The number of nitrogens with two attached hydrogens (primary N) is 1. The minimum absolute atomic E-state index is 0.0808. The van der Waals surface area contributed by atoms with Crippen LogP contribution in [-0.4, -0.2) is 72.0 Å². The first-order chi connectivity index (χ1) is 15.4. The number of hydrogen-bond acceptors (Lipinski definition) is 5. The van der Waals surface area contributed by atoms with E-state index in [0.717, 1.165) is 50.3 Å². The molecule has 1 unspecified atom stereocenters. The predicted molar refractivity (Wildman–Crippen MR) is 123 cm³/mol. The second kappa shape index (κ2) is 9.67. The van der Waals surface area contributed by atoms with Gasteiger partial charge in [-0.3, -0.25) is 20.0 Å². The van der Waals surface area contributed by atoms with E-state index < -0.39 is 12.0 Å². The van der Waals surface area contributed by atoms with Gasteiger partial charge in [0, 0.05) is 56.6 Å². The summed E-state index contributed by atoms with van der Waals surface area (Å²) in [4.78, 5) is 18.8. The SMILES string of the molecule is N=C(N)c1ccc(N2CCN(C3CCN(C(C(=O)O)c4ccc(F)cc4)CC3)CC2)cc1. The van der Waals surface area contributed by atoms with Crippen molar-refractivity contribution in [3.8, 4) is 0 Å². The maximum Gasteiger partial charge on any atom is 0.325 e. The summed E-state index contributed by atoms with van der Waals surface area (Å²) in [6.45, 7) is 5.25. The standard InChI is InChI=1S/C24H30FN5O2/c25-19-5-1-17(2-6-19)22(24(31)32)30-11-9-21(10-12-30)29-15-13-28(14-16-29)20-7-3-18(4-8-20)23(26)27/h1-8,21-22H,9-16H2,(H3,26,27)(H,31,32). The molecule has 0 aromatic heterocycles. The molecule has 2 aliphatic heterocycles. The Morgan fingerprint density at radius 1 is 0.969 bits per heavy atom. The number of nitrogens with zero attached hydrogens (tertiary/aromatic N) is 3. The molecule has 0 spiro atoms. The van der Waals surface area contributed by atoms with Crippen LogP contribution >= 0.6 is 0 Å². The number of carboxylic acid groups (broad SMARTS) is 1. The molecule has 0 aliphatic carbocycles. The molecule has 1 atom stereocenters. The summed E-state index contributed by atoms with van der Waals surface area (Å²) in [5.41, 5.74) is 8.05. The third-order valence-electron chi connectivity index (χ3n) is 6.66. The lowest BCUT2D eigenvalue weighted by Gasteiger charge is -2.44. The monoisotopic (exact) mass is 439 g/mol. The van der Waals surface area contributed by atoms with Gasteiger partial charge in [0.2, 0.25) is 0 Å². The van der Waals surface area contributed by atoms with Crippen molar-refractivity contribution in [2.24, 2.45) is 5.73 Å². The number of nitrogen functional groups attached to an aromatic ring is 1. The number of piperidine rings is 1. The zero-order chi connectivity index (χ0) is 22.7. The summed E-state index contributed by atoms with van der Waals surface area (Å²) in [7, 11) is 0. The molecule has 0 saturated carbocycles. The van der Waals surface area contributed by atoms with Gasteiger partial charge in [-0.25, -0.2) is 4.39 Å². The number of nitrogens with one attached hydrogen (secondary N) is 1. The molecule has 0 bridgehead atoms. The number of likely N-dealkylation sites (tertiary alicyclic amines) is 1. The van der Waals surface area contributed by atoms with Gasteiger partial charge in [-0.05, 0) is 54.8 Å². The highest BCUT2D eigenvalue weighted by Crippen LogP contribution is 2.28. The van der Waals surface area contributed by atoms with Gasteiger partial charge in [-0.15, -0.1) is 0 Å². The number of carbonyl (C=O) groups is 1. The van der Waals surface area contributed by atoms with E-state index in [9.17, 15) is 14.3 Å². The van der Waals surface area contributed by atoms with Crippen molar-refractivity contribution in [1.29, 1.82) is 5.41 Å². The molecular weight excluding hydrogens is 409 g/mol. The summed E-state index contributed by atoms with van der Waals surface area (Å²) in [6, 6.07) is 13.3. The van der Waals surface area contributed by atoms with Crippen LogP contribution in [0.3, 0.4) is 0 Å². The van der Waals surface area contributed by atoms with Crippen molar-refractivity contribution in [3.05, 3.63) is 65.5 Å². The van der Waals surface area contributed by atoms with Gasteiger partial charge in [-0.2, -0.15) is 0 Å². The van der Waals surface area contributed by atoms with Crippen LogP contribution in [0.5, 0.6) is 0 Å². The normalized spacial score (nSPS) is 19.6. The molecule has 0 amide bonds. The number of rotatable bonds is 6. The number of piperazine rings is 1. The van der Waals surface area contributed by atoms with E-state index in [4.69, 9.17) is 11.1 Å². The Morgan fingerprint density at radius 2 is 1.56 bits per heavy atom. The third-order valence-corrected chi connectivity index (χ3v) is 6.66. The average Bonchev–Trinajstić information content (AvgIpc) is 2.81. The smallest absolute Gasteiger partial charge is 0.325 e. The average molecular weight is 440 g/mol.